The highest BCUT2D eigenvalue weighted by molar-refractivity contribution is 7.89. The molecule has 4 N–H and O–H groups in total. The number of nitrogens with two attached hydrogens (primary N) is 2. The van der Waals surface area contributed by atoms with Gasteiger partial charge in [0.15, 0.2) is 17.3 Å². The van der Waals surface area contributed by atoms with Gasteiger partial charge in [-0.2, -0.15) is 5.26 Å². The number of hydrogen-bond donors (Lipinski definition) is 2. The van der Waals surface area contributed by atoms with Gasteiger partial charge >= 0.3 is 0 Å². The lowest BCUT2D eigenvalue weighted by Crippen LogP contribution is -2.38. The van der Waals surface area contributed by atoms with Crippen LogP contribution >= 0.6 is 0 Å². The Balaban J connectivity index is 1.68. The molecule has 9 nitrogen and oxygen atoms in total. The zero-order valence-corrected chi connectivity index (χ0v) is 18.3. The first kappa shape index (κ1) is 21.1. The highest BCUT2D eigenvalue weighted by Crippen LogP contribution is 2.47. The number of anilines is 1. The van der Waals surface area contributed by atoms with Crippen LogP contribution in [0.2, 0.25) is 0 Å². The summed E-state index contributed by atoms with van der Waals surface area (Å²) in [5.74, 6) is 0.662. The lowest BCUT2D eigenvalue weighted by molar-refractivity contribution is -0.116. The van der Waals surface area contributed by atoms with E-state index in [0.29, 0.717) is 53.3 Å². The van der Waals surface area contributed by atoms with Crippen LogP contribution in [0.1, 0.15) is 30.7 Å². The van der Waals surface area contributed by atoms with E-state index >= 15 is 0 Å². The van der Waals surface area contributed by atoms with Crippen molar-refractivity contribution >= 4 is 21.5 Å². The lowest BCUT2D eigenvalue weighted by atomic mass is 9.75. The zero-order chi connectivity index (χ0) is 23.3. The van der Waals surface area contributed by atoms with Gasteiger partial charge in [0, 0.05) is 23.4 Å². The van der Waals surface area contributed by atoms with Crippen molar-refractivity contribution in [1.29, 1.82) is 5.26 Å². The third kappa shape index (κ3) is 3.42. The number of carbonyl (C=O) groups excluding carboxylic acids is 1. The summed E-state index contributed by atoms with van der Waals surface area (Å²) in [6.07, 6.45) is 1.60. The molecule has 1 aliphatic carbocycles. The SMILES string of the molecule is N#CC1=C(N)N(c2ccc(S(N)(=O)=O)cc2)C2=C(C(=O)CCC2)[C@@H]1c1ccc2c(c1)OCO2. The quantitative estimate of drug-likeness (QED) is 0.703. The number of Topliss-reactive ketones (excluding diaryl/α,β-unsaturated/α-hetero) is 1. The Labute approximate surface area is 190 Å². The molecule has 0 saturated heterocycles. The van der Waals surface area contributed by atoms with Gasteiger partial charge in [0.25, 0.3) is 0 Å². The van der Waals surface area contributed by atoms with Crippen LogP contribution < -0.4 is 25.2 Å². The number of carbonyl (C=O) groups is 1. The summed E-state index contributed by atoms with van der Waals surface area (Å²) < 4.78 is 34.2. The topological polar surface area (TPSA) is 149 Å². The second kappa shape index (κ2) is 7.65. The van der Waals surface area contributed by atoms with Crippen LogP contribution in [0, 0.1) is 11.3 Å². The number of benzene rings is 2. The van der Waals surface area contributed by atoms with Gasteiger partial charge in [-0.1, -0.05) is 6.07 Å². The molecule has 2 aromatic rings. The van der Waals surface area contributed by atoms with Crippen molar-refractivity contribution in [1.82, 2.24) is 0 Å². The predicted molar refractivity (Wildman–Crippen MR) is 118 cm³/mol. The molecule has 2 heterocycles. The van der Waals surface area contributed by atoms with Gasteiger partial charge in [0.2, 0.25) is 16.8 Å². The first-order chi connectivity index (χ1) is 15.8. The number of nitrogens with zero attached hydrogens (tertiary/aromatic N) is 2. The molecule has 0 spiro atoms. The van der Waals surface area contributed by atoms with Gasteiger partial charge in [0.1, 0.15) is 5.82 Å². The predicted octanol–water partition coefficient (Wildman–Crippen LogP) is 2.37. The standard InChI is InChI=1S/C23H20N4O5S/c24-11-16-21(13-4-9-19-20(10-13)32-12-31-19)22-17(2-1-3-18(22)28)27(23(16)25)14-5-7-15(8-6-14)33(26,29)30/h4-10,21H,1-3,12,25H2,(H2,26,29,30)/t21-/m1/s1. The van der Waals surface area contributed by atoms with Gasteiger partial charge in [0.05, 0.1) is 22.5 Å². The molecule has 0 unspecified atom stereocenters. The van der Waals surface area contributed by atoms with Crippen molar-refractivity contribution in [2.45, 2.75) is 30.1 Å². The fourth-order valence-corrected chi connectivity index (χ4v) is 5.11. The summed E-state index contributed by atoms with van der Waals surface area (Å²) in [6, 6.07) is 13.4. The Hall–Kier alpha value is -3.81. The molecule has 0 bridgehead atoms. The highest BCUT2D eigenvalue weighted by atomic mass is 32.2. The van der Waals surface area contributed by atoms with E-state index in [9.17, 15) is 18.5 Å². The molecule has 0 saturated carbocycles. The van der Waals surface area contributed by atoms with E-state index in [2.05, 4.69) is 6.07 Å². The third-order valence-corrected chi connectivity index (χ3v) is 7.00. The Bertz CT molecular complexity index is 1390. The maximum absolute atomic E-state index is 13.2. The van der Waals surface area contributed by atoms with Gasteiger partial charge in [-0.05, 0) is 54.8 Å². The summed E-state index contributed by atoms with van der Waals surface area (Å²) in [6.45, 7) is 0.113. The van der Waals surface area contributed by atoms with Crippen LogP contribution in [0.5, 0.6) is 11.5 Å². The maximum atomic E-state index is 13.2. The average molecular weight is 465 g/mol. The van der Waals surface area contributed by atoms with Crippen LogP contribution in [0.3, 0.4) is 0 Å². The second-order valence-corrected chi connectivity index (χ2v) is 9.53. The van der Waals surface area contributed by atoms with Crippen LogP contribution in [0.4, 0.5) is 5.69 Å². The third-order valence-electron chi connectivity index (χ3n) is 6.07. The van der Waals surface area contributed by atoms with Gasteiger partial charge < -0.3 is 15.2 Å². The number of allylic oxidation sites excluding steroid dienone is 3. The number of rotatable bonds is 3. The number of sulfonamides is 1. The van der Waals surface area contributed by atoms with E-state index in [1.807, 2.05) is 6.07 Å². The van der Waals surface area contributed by atoms with Crippen molar-refractivity contribution in [3.8, 4) is 17.6 Å². The van der Waals surface area contributed by atoms with Crippen molar-refractivity contribution in [3.05, 3.63) is 70.7 Å². The molecule has 2 aromatic carbocycles. The number of fused-ring (bicyclic) bond motifs is 1. The highest BCUT2D eigenvalue weighted by Gasteiger charge is 2.40. The van der Waals surface area contributed by atoms with E-state index in [1.54, 1.807) is 29.2 Å². The summed E-state index contributed by atoms with van der Waals surface area (Å²) >= 11 is 0. The molecule has 0 aromatic heterocycles. The first-order valence-electron chi connectivity index (χ1n) is 10.3. The second-order valence-electron chi connectivity index (χ2n) is 7.97. The summed E-state index contributed by atoms with van der Waals surface area (Å²) in [5, 5.41) is 15.3. The lowest BCUT2D eigenvalue weighted by Gasteiger charge is -2.39. The normalized spacial score (nSPS) is 20.1. The van der Waals surface area contributed by atoms with Crippen molar-refractivity contribution < 1.29 is 22.7 Å². The van der Waals surface area contributed by atoms with Crippen LogP contribution in [0.25, 0.3) is 0 Å². The molecule has 168 valence electrons. The molecule has 3 aliphatic rings. The van der Waals surface area contributed by atoms with Crippen LogP contribution in [0.15, 0.2) is 70.0 Å². The first-order valence-corrected chi connectivity index (χ1v) is 11.8. The zero-order valence-electron chi connectivity index (χ0n) is 17.4. The monoisotopic (exact) mass is 464 g/mol. The average Bonchev–Trinajstić information content (AvgIpc) is 3.26. The molecule has 33 heavy (non-hydrogen) atoms. The molecule has 0 fully saturated rings. The number of primary sulfonamides is 1. The molecular formula is C23H20N4O5S. The molecule has 10 heteroatoms. The Morgan fingerprint density at radius 3 is 2.48 bits per heavy atom. The maximum Gasteiger partial charge on any atom is 0.238 e. The van der Waals surface area contributed by atoms with E-state index in [4.69, 9.17) is 20.3 Å². The minimum Gasteiger partial charge on any atom is -0.454 e. The van der Waals surface area contributed by atoms with Crippen LogP contribution in [-0.4, -0.2) is 21.0 Å². The summed E-state index contributed by atoms with van der Waals surface area (Å²) in [5.41, 5.74) is 9.23. The minimum atomic E-state index is -3.86. The molecule has 5 rings (SSSR count). The minimum absolute atomic E-state index is 0.0431. The van der Waals surface area contributed by atoms with Crippen molar-refractivity contribution in [3.63, 3.8) is 0 Å². The number of ether oxygens (including phenoxy) is 2. The van der Waals surface area contributed by atoms with E-state index in [0.717, 1.165) is 0 Å². The Kier molecular flexibility index (Phi) is 4.88. The van der Waals surface area contributed by atoms with Gasteiger partial charge in [-0.25, -0.2) is 13.6 Å². The Morgan fingerprint density at radius 1 is 1.06 bits per heavy atom. The summed E-state index contributed by atoms with van der Waals surface area (Å²) in [4.78, 5) is 14.8. The Morgan fingerprint density at radius 2 is 1.79 bits per heavy atom. The molecule has 0 radical (unpaired) electrons. The number of hydrogen-bond acceptors (Lipinski definition) is 8. The largest absolute Gasteiger partial charge is 0.454 e. The summed E-state index contributed by atoms with van der Waals surface area (Å²) in [7, 11) is -3.86. The number of nitriles is 1. The van der Waals surface area contributed by atoms with E-state index in [1.165, 1.54) is 12.1 Å². The molecule has 0 amide bonds. The fraction of sp³-hybridized carbons (Fsp3) is 0.217. The number of ketones is 1. The molecule has 2 aliphatic heterocycles. The smallest absolute Gasteiger partial charge is 0.238 e. The fourth-order valence-electron chi connectivity index (χ4n) is 4.59. The molecular weight excluding hydrogens is 444 g/mol. The van der Waals surface area contributed by atoms with E-state index < -0.39 is 15.9 Å². The van der Waals surface area contributed by atoms with Crippen molar-refractivity contribution in [2.75, 3.05) is 11.7 Å². The van der Waals surface area contributed by atoms with Gasteiger partial charge in [-0.3, -0.25) is 9.69 Å². The van der Waals surface area contributed by atoms with E-state index in [-0.39, 0.29) is 28.9 Å². The van der Waals surface area contributed by atoms with Gasteiger partial charge in [-0.15, -0.1) is 0 Å². The molecule has 1 atom stereocenters. The van der Waals surface area contributed by atoms with Crippen molar-refractivity contribution in [2.24, 2.45) is 10.9 Å². The van der Waals surface area contributed by atoms with Crippen LogP contribution in [-0.2, 0) is 14.8 Å².